The number of hydrogen-bond acceptors (Lipinski definition) is 4. The standard InChI is InChI=1S/C26H34N4O2.HI/c1-3-27-26(28-17-21-7-10-23(11-8-21)30-13-4-5-14-30)29-18-22-9-6-20(2)16-25(22)32-24-12-15-31-19-24;/h4-11,16,24H,3,12-15,17-19H2,1-2H3,(H2,27,28,29);1H. The molecule has 0 amide bonds. The van der Waals surface area contributed by atoms with E-state index in [1.807, 2.05) is 0 Å². The van der Waals surface area contributed by atoms with E-state index in [0.29, 0.717) is 19.7 Å². The van der Waals surface area contributed by atoms with Crippen molar-refractivity contribution in [3.63, 3.8) is 0 Å². The molecule has 0 saturated carbocycles. The van der Waals surface area contributed by atoms with E-state index in [-0.39, 0.29) is 30.1 Å². The Morgan fingerprint density at radius 1 is 1.12 bits per heavy atom. The number of halogens is 1. The van der Waals surface area contributed by atoms with E-state index in [0.717, 1.165) is 49.9 Å². The van der Waals surface area contributed by atoms with E-state index in [9.17, 15) is 0 Å². The smallest absolute Gasteiger partial charge is 0.191 e. The highest BCUT2D eigenvalue weighted by atomic mass is 127. The number of benzene rings is 2. The Kier molecular flexibility index (Phi) is 9.87. The number of ether oxygens (including phenoxy) is 2. The van der Waals surface area contributed by atoms with Gasteiger partial charge in [0, 0.05) is 43.9 Å². The summed E-state index contributed by atoms with van der Waals surface area (Å²) in [4.78, 5) is 7.13. The largest absolute Gasteiger partial charge is 0.488 e. The molecule has 1 atom stereocenters. The van der Waals surface area contributed by atoms with Gasteiger partial charge >= 0.3 is 0 Å². The molecule has 0 aromatic heterocycles. The van der Waals surface area contributed by atoms with Crippen molar-refractivity contribution >= 4 is 35.6 Å². The summed E-state index contributed by atoms with van der Waals surface area (Å²) in [5.74, 6) is 1.73. The fourth-order valence-electron chi connectivity index (χ4n) is 3.90. The Labute approximate surface area is 214 Å². The Morgan fingerprint density at radius 3 is 2.61 bits per heavy atom. The normalized spacial score (nSPS) is 17.7. The quantitative estimate of drug-likeness (QED) is 0.216. The second-order valence-electron chi connectivity index (χ2n) is 8.31. The molecule has 0 radical (unpaired) electrons. The number of nitrogens with zero attached hydrogens (tertiary/aromatic N) is 2. The Morgan fingerprint density at radius 2 is 1.91 bits per heavy atom. The topological polar surface area (TPSA) is 58.1 Å². The molecule has 2 aromatic rings. The van der Waals surface area contributed by atoms with Gasteiger partial charge in [-0.15, -0.1) is 24.0 Å². The Balaban J connectivity index is 0.00000306. The van der Waals surface area contributed by atoms with Crippen molar-refractivity contribution in [3.05, 3.63) is 71.3 Å². The van der Waals surface area contributed by atoms with Crippen LogP contribution in [0.25, 0.3) is 0 Å². The Hall–Kier alpha value is -2.26. The highest BCUT2D eigenvalue weighted by Crippen LogP contribution is 2.24. The molecule has 0 bridgehead atoms. The molecule has 7 heteroatoms. The number of anilines is 1. The minimum absolute atomic E-state index is 0. The minimum atomic E-state index is 0. The zero-order valence-electron chi connectivity index (χ0n) is 19.5. The summed E-state index contributed by atoms with van der Waals surface area (Å²) < 4.78 is 11.7. The number of rotatable bonds is 8. The molecule has 2 heterocycles. The lowest BCUT2D eigenvalue weighted by atomic mass is 10.1. The van der Waals surface area contributed by atoms with E-state index >= 15 is 0 Å². The molecule has 2 aliphatic heterocycles. The lowest BCUT2D eigenvalue weighted by molar-refractivity contribution is 0.140. The SMILES string of the molecule is CCNC(=NCc1ccc(N2CC=CC2)cc1)NCc1ccc(C)cc1OC1CCOC1.I. The fraction of sp³-hybridized carbons (Fsp3) is 0.423. The highest BCUT2D eigenvalue weighted by Gasteiger charge is 2.18. The van der Waals surface area contributed by atoms with Crippen LogP contribution in [-0.2, 0) is 17.8 Å². The number of hydrogen-bond donors (Lipinski definition) is 2. The summed E-state index contributed by atoms with van der Waals surface area (Å²) in [5.41, 5.74) is 4.76. The van der Waals surface area contributed by atoms with E-state index in [2.05, 4.69) is 84.0 Å². The summed E-state index contributed by atoms with van der Waals surface area (Å²) in [6.07, 6.45) is 5.49. The molecule has 1 saturated heterocycles. The lowest BCUT2D eigenvalue weighted by Crippen LogP contribution is -2.37. The molecule has 0 aliphatic carbocycles. The number of aliphatic imine (C=N–C) groups is 1. The van der Waals surface area contributed by atoms with E-state index in [4.69, 9.17) is 14.5 Å². The van der Waals surface area contributed by atoms with Crippen molar-refractivity contribution in [2.75, 3.05) is 37.7 Å². The van der Waals surface area contributed by atoms with Crippen molar-refractivity contribution in [2.45, 2.75) is 39.5 Å². The summed E-state index contributed by atoms with van der Waals surface area (Å²) in [7, 11) is 0. The fourth-order valence-corrected chi connectivity index (χ4v) is 3.90. The third-order valence-corrected chi connectivity index (χ3v) is 5.73. The second-order valence-corrected chi connectivity index (χ2v) is 8.31. The van der Waals surface area contributed by atoms with Crippen LogP contribution < -0.4 is 20.3 Å². The molecule has 1 unspecified atom stereocenters. The summed E-state index contributed by atoms with van der Waals surface area (Å²) in [6.45, 7) is 9.68. The third kappa shape index (κ3) is 7.37. The van der Waals surface area contributed by atoms with Crippen molar-refractivity contribution in [1.82, 2.24) is 10.6 Å². The van der Waals surface area contributed by atoms with E-state index < -0.39 is 0 Å². The van der Waals surface area contributed by atoms with Gasteiger partial charge in [-0.25, -0.2) is 4.99 Å². The van der Waals surface area contributed by atoms with Crippen molar-refractivity contribution in [1.29, 1.82) is 0 Å². The van der Waals surface area contributed by atoms with Gasteiger partial charge in [-0.1, -0.05) is 36.4 Å². The number of aryl methyl sites for hydroxylation is 1. The van der Waals surface area contributed by atoms with Crippen LogP contribution in [0.4, 0.5) is 5.69 Å². The van der Waals surface area contributed by atoms with Crippen LogP contribution in [0.2, 0.25) is 0 Å². The highest BCUT2D eigenvalue weighted by molar-refractivity contribution is 14.0. The van der Waals surface area contributed by atoms with Crippen LogP contribution >= 0.6 is 24.0 Å². The van der Waals surface area contributed by atoms with Gasteiger partial charge in [0.2, 0.25) is 0 Å². The molecule has 2 aliphatic rings. The van der Waals surface area contributed by atoms with Crippen LogP contribution in [0.5, 0.6) is 5.75 Å². The van der Waals surface area contributed by atoms with Crippen LogP contribution in [-0.4, -0.2) is 44.9 Å². The van der Waals surface area contributed by atoms with Gasteiger partial charge in [0.1, 0.15) is 11.9 Å². The zero-order valence-corrected chi connectivity index (χ0v) is 21.9. The van der Waals surface area contributed by atoms with Crippen molar-refractivity contribution in [3.8, 4) is 5.75 Å². The Bertz CT molecular complexity index is 932. The van der Waals surface area contributed by atoms with Gasteiger partial charge in [0.25, 0.3) is 0 Å². The molecule has 4 rings (SSSR count). The molecular weight excluding hydrogens is 527 g/mol. The molecular formula is C26H35IN4O2. The molecule has 2 aromatic carbocycles. The maximum absolute atomic E-state index is 6.23. The van der Waals surface area contributed by atoms with Gasteiger partial charge in [-0.05, 0) is 43.2 Å². The van der Waals surface area contributed by atoms with Crippen LogP contribution in [0.15, 0.2) is 59.6 Å². The number of nitrogens with one attached hydrogen (secondary N) is 2. The minimum Gasteiger partial charge on any atom is -0.488 e. The number of guanidine groups is 1. The van der Waals surface area contributed by atoms with Gasteiger partial charge in [0.15, 0.2) is 5.96 Å². The maximum atomic E-state index is 6.23. The molecule has 1 fully saturated rings. The maximum Gasteiger partial charge on any atom is 0.191 e. The third-order valence-electron chi connectivity index (χ3n) is 5.73. The molecule has 178 valence electrons. The van der Waals surface area contributed by atoms with Gasteiger partial charge < -0.3 is 25.0 Å². The van der Waals surface area contributed by atoms with Gasteiger partial charge in [-0.3, -0.25) is 0 Å². The average molecular weight is 562 g/mol. The van der Waals surface area contributed by atoms with Crippen LogP contribution in [0, 0.1) is 6.92 Å². The first kappa shape index (κ1) is 25.4. The van der Waals surface area contributed by atoms with Gasteiger partial charge in [-0.2, -0.15) is 0 Å². The van der Waals surface area contributed by atoms with E-state index in [1.54, 1.807) is 0 Å². The van der Waals surface area contributed by atoms with Gasteiger partial charge in [0.05, 0.1) is 19.8 Å². The average Bonchev–Trinajstić information content (AvgIpc) is 3.52. The lowest BCUT2D eigenvalue weighted by Gasteiger charge is -2.18. The summed E-state index contributed by atoms with van der Waals surface area (Å²) in [5, 5.41) is 6.80. The monoisotopic (exact) mass is 562 g/mol. The molecule has 6 nitrogen and oxygen atoms in total. The first-order valence-electron chi connectivity index (χ1n) is 11.6. The predicted octanol–water partition coefficient (Wildman–Crippen LogP) is 4.41. The van der Waals surface area contributed by atoms with Crippen LogP contribution in [0.1, 0.15) is 30.0 Å². The molecule has 33 heavy (non-hydrogen) atoms. The second kappa shape index (κ2) is 12.8. The van der Waals surface area contributed by atoms with Crippen molar-refractivity contribution < 1.29 is 9.47 Å². The van der Waals surface area contributed by atoms with Crippen molar-refractivity contribution in [2.24, 2.45) is 4.99 Å². The van der Waals surface area contributed by atoms with Crippen LogP contribution in [0.3, 0.4) is 0 Å². The zero-order chi connectivity index (χ0) is 22.2. The summed E-state index contributed by atoms with van der Waals surface area (Å²) in [6, 6.07) is 15.0. The van der Waals surface area contributed by atoms with E-state index in [1.165, 1.54) is 16.8 Å². The molecule has 0 spiro atoms. The molecule has 2 N–H and O–H groups in total. The first-order valence-corrected chi connectivity index (χ1v) is 11.6. The first-order chi connectivity index (χ1) is 15.7. The predicted molar refractivity (Wildman–Crippen MR) is 146 cm³/mol. The summed E-state index contributed by atoms with van der Waals surface area (Å²) >= 11 is 0.